The Morgan fingerprint density at radius 2 is 1.75 bits per heavy atom. The fourth-order valence-corrected chi connectivity index (χ4v) is 2.15. The van der Waals surface area contributed by atoms with E-state index in [1.807, 2.05) is 30.3 Å². The molecule has 0 bridgehead atoms. The third-order valence-electron chi connectivity index (χ3n) is 3.09. The zero-order valence-electron chi connectivity index (χ0n) is 10.4. The van der Waals surface area contributed by atoms with Gasteiger partial charge in [0.2, 0.25) is 0 Å². The second-order valence-corrected chi connectivity index (χ2v) is 4.43. The lowest BCUT2D eigenvalue weighted by Crippen LogP contribution is -2.00. The summed E-state index contributed by atoms with van der Waals surface area (Å²) in [6.07, 6.45) is 0. The molecule has 1 heterocycles. The van der Waals surface area contributed by atoms with Crippen LogP contribution in [-0.4, -0.2) is 21.2 Å². The van der Waals surface area contributed by atoms with Crippen LogP contribution in [0.15, 0.2) is 54.6 Å². The molecular weight excluding hydrogens is 254 g/mol. The summed E-state index contributed by atoms with van der Waals surface area (Å²) < 4.78 is 0. The molecule has 0 aliphatic carbocycles. The van der Waals surface area contributed by atoms with Crippen LogP contribution in [0.5, 0.6) is 5.75 Å². The van der Waals surface area contributed by atoms with E-state index in [4.69, 9.17) is 0 Å². The Labute approximate surface area is 115 Å². The van der Waals surface area contributed by atoms with Crippen molar-refractivity contribution in [2.75, 3.05) is 0 Å². The van der Waals surface area contributed by atoms with Gasteiger partial charge in [-0.3, -0.25) is 0 Å². The monoisotopic (exact) mass is 265 g/mol. The van der Waals surface area contributed by atoms with Crippen molar-refractivity contribution in [2.45, 2.75) is 0 Å². The molecular formula is C16H11NO3. The molecule has 0 atom stereocenters. The predicted molar refractivity (Wildman–Crippen MR) is 75.8 cm³/mol. The largest absolute Gasteiger partial charge is 0.508 e. The molecule has 1 aromatic heterocycles. The number of hydrogen-bond acceptors (Lipinski definition) is 3. The van der Waals surface area contributed by atoms with Crippen molar-refractivity contribution in [2.24, 2.45) is 0 Å². The first-order chi connectivity index (χ1) is 9.65. The number of carbonyl (C=O) groups is 1. The SMILES string of the molecule is O=C(O)c1cc(-c2ccccc2)nc2ccc(O)cc12. The molecule has 0 saturated carbocycles. The first kappa shape index (κ1) is 12.2. The molecule has 0 fully saturated rings. The lowest BCUT2D eigenvalue weighted by Gasteiger charge is -2.07. The lowest BCUT2D eigenvalue weighted by molar-refractivity contribution is 0.0699. The fraction of sp³-hybridized carbons (Fsp3) is 0. The van der Waals surface area contributed by atoms with Gasteiger partial charge in [0.25, 0.3) is 0 Å². The van der Waals surface area contributed by atoms with E-state index in [-0.39, 0.29) is 11.3 Å². The lowest BCUT2D eigenvalue weighted by atomic mass is 10.0. The Balaban J connectivity index is 2.32. The molecule has 4 heteroatoms. The van der Waals surface area contributed by atoms with Crippen LogP contribution in [0, 0.1) is 0 Å². The summed E-state index contributed by atoms with van der Waals surface area (Å²) in [5, 5.41) is 19.3. The number of nitrogens with zero attached hydrogens (tertiary/aromatic N) is 1. The van der Waals surface area contributed by atoms with Crippen molar-refractivity contribution < 1.29 is 15.0 Å². The number of phenols is 1. The maximum Gasteiger partial charge on any atom is 0.336 e. The summed E-state index contributed by atoms with van der Waals surface area (Å²) in [7, 11) is 0. The number of carboxylic acids is 1. The van der Waals surface area contributed by atoms with Crippen LogP contribution in [0.3, 0.4) is 0 Å². The van der Waals surface area contributed by atoms with Crippen molar-refractivity contribution in [3.05, 3.63) is 60.2 Å². The number of fused-ring (bicyclic) bond motifs is 1. The van der Waals surface area contributed by atoms with Crippen LogP contribution in [-0.2, 0) is 0 Å². The average molecular weight is 265 g/mol. The summed E-state index contributed by atoms with van der Waals surface area (Å²) in [4.78, 5) is 15.9. The number of aromatic hydroxyl groups is 1. The van der Waals surface area contributed by atoms with Gasteiger partial charge in [0, 0.05) is 10.9 Å². The number of phenolic OH excluding ortho intramolecular Hbond substituents is 1. The number of benzene rings is 2. The predicted octanol–water partition coefficient (Wildman–Crippen LogP) is 3.31. The fourth-order valence-electron chi connectivity index (χ4n) is 2.15. The molecule has 0 aliphatic heterocycles. The Hall–Kier alpha value is -2.88. The highest BCUT2D eigenvalue weighted by Gasteiger charge is 2.13. The first-order valence-electron chi connectivity index (χ1n) is 6.07. The number of carboxylic acid groups (broad SMARTS) is 1. The summed E-state index contributed by atoms with van der Waals surface area (Å²) in [5.41, 5.74) is 2.12. The first-order valence-corrected chi connectivity index (χ1v) is 6.07. The minimum Gasteiger partial charge on any atom is -0.508 e. The van der Waals surface area contributed by atoms with Crippen LogP contribution in [0.2, 0.25) is 0 Å². The van der Waals surface area contributed by atoms with Crippen molar-refractivity contribution in [1.82, 2.24) is 4.98 Å². The molecule has 0 saturated heterocycles. The van der Waals surface area contributed by atoms with Crippen LogP contribution in [0.25, 0.3) is 22.2 Å². The topological polar surface area (TPSA) is 70.4 Å². The van der Waals surface area contributed by atoms with Crippen molar-refractivity contribution in [3.8, 4) is 17.0 Å². The molecule has 2 aromatic carbocycles. The van der Waals surface area contributed by atoms with Gasteiger partial charge < -0.3 is 10.2 Å². The van der Waals surface area contributed by atoms with E-state index in [0.717, 1.165) is 5.56 Å². The van der Waals surface area contributed by atoms with Crippen LogP contribution < -0.4 is 0 Å². The normalized spacial score (nSPS) is 10.6. The Morgan fingerprint density at radius 1 is 1.00 bits per heavy atom. The van der Waals surface area contributed by atoms with E-state index in [0.29, 0.717) is 16.6 Å². The zero-order chi connectivity index (χ0) is 14.1. The van der Waals surface area contributed by atoms with Gasteiger partial charge in [0.05, 0.1) is 16.8 Å². The summed E-state index contributed by atoms with van der Waals surface area (Å²) in [6, 6.07) is 15.4. The maximum absolute atomic E-state index is 11.4. The highest BCUT2D eigenvalue weighted by atomic mass is 16.4. The number of hydrogen-bond donors (Lipinski definition) is 2. The molecule has 98 valence electrons. The third-order valence-corrected chi connectivity index (χ3v) is 3.09. The smallest absolute Gasteiger partial charge is 0.336 e. The van der Waals surface area contributed by atoms with E-state index in [1.165, 1.54) is 18.2 Å². The summed E-state index contributed by atoms with van der Waals surface area (Å²) >= 11 is 0. The van der Waals surface area contributed by atoms with Gasteiger partial charge in [-0.2, -0.15) is 0 Å². The van der Waals surface area contributed by atoms with E-state index >= 15 is 0 Å². The molecule has 0 amide bonds. The van der Waals surface area contributed by atoms with Crippen molar-refractivity contribution >= 4 is 16.9 Å². The standard InChI is InChI=1S/C16H11NO3/c18-11-6-7-14-12(8-11)13(16(19)20)9-15(17-14)10-4-2-1-3-5-10/h1-9,18H,(H,19,20). The third kappa shape index (κ3) is 2.07. The van der Waals surface area contributed by atoms with Gasteiger partial charge in [-0.1, -0.05) is 30.3 Å². The zero-order valence-corrected chi connectivity index (χ0v) is 10.4. The van der Waals surface area contributed by atoms with Gasteiger partial charge >= 0.3 is 5.97 Å². The minimum absolute atomic E-state index is 0.0225. The second-order valence-electron chi connectivity index (χ2n) is 4.43. The highest BCUT2D eigenvalue weighted by molar-refractivity contribution is 6.04. The Morgan fingerprint density at radius 3 is 2.45 bits per heavy atom. The maximum atomic E-state index is 11.4. The molecule has 20 heavy (non-hydrogen) atoms. The molecule has 0 aliphatic rings. The second kappa shape index (κ2) is 4.66. The van der Waals surface area contributed by atoms with Gasteiger partial charge in [0.15, 0.2) is 0 Å². The summed E-state index contributed by atoms with van der Waals surface area (Å²) in [6.45, 7) is 0. The number of pyridine rings is 1. The van der Waals surface area contributed by atoms with Crippen molar-refractivity contribution in [3.63, 3.8) is 0 Å². The van der Waals surface area contributed by atoms with Gasteiger partial charge in [-0.15, -0.1) is 0 Å². The quantitative estimate of drug-likeness (QED) is 0.745. The Bertz CT molecular complexity index is 797. The van der Waals surface area contributed by atoms with E-state index in [1.54, 1.807) is 6.07 Å². The molecule has 4 nitrogen and oxygen atoms in total. The summed E-state index contributed by atoms with van der Waals surface area (Å²) in [5.74, 6) is -1.02. The van der Waals surface area contributed by atoms with Gasteiger partial charge in [-0.25, -0.2) is 9.78 Å². The van der Waals surface area contributed by atoms with Gasteiger partial charge in [0.1, 0.15) is 5.75 Å². The molecule has 3 aromatic rings. The number of rotatable bonds is 2. The molecule has 3 rings (SSSR count). The average Bonchev–Trinajstić information content (AvgIpc) is 2.47. The number of aromatic nitrogens is 1. The molecule has 0 unspecified atom stereocenters. The Kier molecular flexibility index (Phi) is 2.84. The van der Waals surface area contributed by atoms with Crippen LogP contribution in [0.4, 0.5) is 0 Å². The minimum atomic E-state index is -1.04. The molecule has 2 N–H and O–H groups in total. The molecule has 0 radical (unpaired) electrons. The van der Waals surface area contributed by atoms with Crippen molar-refractivity contribution in [1.29, 1.82) is 0 Å². The van der Waals surface area contributed by atoms with Crippen LogP contribution >= 0.6 is 0 Å². The van der Waals surface area contributed by atoms with Crippen LogP contribution in [0.1, 0.15) is 10.4 Å². The van der Waals surface area contributed by atoms with E-state index in [2.05, 4.69) is 4.98 Å². The highest BCUT2D eigenvalue weighted by Crippen LogP contribution is 2.27. The molecule has 0 spiro atoms. The van der Waals surface area contributed by atoms with E-state index in [9.17, 15) is 15.0 Å². The number of aromatic carboxylic acids is 1. The van der Waals surface area contributed by atoms with Gasteiger partial charge in [-0.05, 0) is 24.3 Å². The van der Waals surface area contributed by atoms with E-state index < -0.39 is 5.97 Å².